The molecular weight excluding hydrogens is 393 g/mol. The molecule has 0 unspecified atom stereocenters. The van der Waals surface area contributed by atoms with E-state index in [0.29, 0.717) is 24.1 Å². The third-order valence-corrected chi connectivity index (χ3v) is 5.18. The van der Waals surface area contributed by atoms with Gasteiger partial charge in [0.05, 0.1) is 13.1 Å². The zero-order valence-corrected chi connectivity index (χ0v) is 17.2. The summed E-state index contributed by atoms with van der Waals surface area (Å²) in [5.41, 5.74) is -0.875. The first-order valence-electron chi connectivity index (χ1n) is 9.18. The van der Waals surface area contributed by atoms with Gasteiger partial charge < -0.3 is 15.5 Å². The van der Waals surface area contributed by atoms with Crippen molar-refractivity contribution in [2.45, 2.75) is 38.5 Å². The van der Waals surface area contributed by atoms with Gasteiger partial charge in [0.25, 0.3) is 0 Å². The Balaban J connectivity index is 1.86. The lowest BCUT2D eigenvalue weighted by Gasteiger charge is -2.33. The zero-order valence-electron chi connectivity index (χ0n) is 16.3. The maximum absolute atomic E-state index is 12.6. The van der Waals surface area contributed by atoms with Crippen molar-refractivity contribution < 1.29 is 18.0 Å². The van der Waals surface area contributed by atoms with Gasteiger partial charge in [-0.15, -0.1) is 11.3 Å². The highest BCUT2D eigenvalue weighted by Gasteiger charge is 2.33. The van der Waals surface area contributed by atoms with Crippen molar-refractivity contribution in [1.29, 1.82) is 0 Å². The number of rotatable bonds is 6. The lowest BCUT2D eigenvalue weighted by Crippen LogP contribution is -2.50. The summed E-state index contributed by atoms with van der Waals surface area (Å²) in [7, 11) is 3.49. The molecule has 11 heteroatoms. The molecule has 0 saturated carbocycles. The highest BCUT2D eigenvalue weighted by molar-refractivity contribution is 7.09. The lowest BCUT2D eigenvalue weighted by atomic mass is 10.1. The van der Waals surface area contributed by atoms with Crippen molar-refractivity contribution in [2.75, 3.05) is 40.3 Å². The van der Waals surface area contributed by atoms with Crippen LogP contribution >= 0.6 is 11.3 Å². The van der Waals surface area contributed by atoms with Gasteiger partial charge in [0.1, 0.15) is 5.01 Å². The van der Waals surface area contributed by atoms with Gasteiger partial charge in [-0.3, -0.25) is 9.69 Å². The van der Waals surface area contributed by atoms with Crippen molar-refractivity contribution in [3.63, 3.8) is 0 Å². The Morgan fingerprint density at radius 1 is 1.39 bits per heavy atom. The van der Waals surface area contributed by atoms with Gasteiger partial charge >= 0.3 is 6.18 Å². The first kappa shape index (κ1) is 22.4. The van der Waals surface area contributed by atoms with E-state index in [1.54, 1.807) is 19.0 Å². The summed E-state index contributed by atoms with van der Waals surface area (Å²) in [4.78, 5) is 23.5. The number of piperidine rings is 1. The standard InChI is InChI=1S/C17H27F3N6OS/c1-4-21-16(22-9-14-24-13(11-28-14)17(18,19)20)23-12-5-7-26(8-6-12)10-15(27)25(2)3/h11-12H,4-10H2,1-3H3,(H2,21,22,23). The van der Waals surface area contributed by atoms with E-state index in [0.717, 1.165) is 42.6 Å². The topological polar surface area (TPSA) is 72.9 Å². The van der Waals surface area contributed by atoms with Crippen molar-refractivity contribution in [2.24, 2.45) is 4.99 Å². The molecule has 2 heterocycles. The van der Waals surface area contributed by atoms with Gasteiger partial charge in [0, 0.05) is 45.2 Å². The van der Waals surface area contributed by atoms with Crippen LogP contribution in [0.4, 0.5) is 13.2 Å². The zero-order chi connectivity index (χ0) is 20.7. The van der Waals surface area contributed by atoms with Crippen LogP contribution in [-0.2, 0) is 17.5 Å². The molecule has 1 amide bonds. The van der Waals surface area contributed by atoms with Crippen molar-refractivity contribution in [1.82, 2.24) is 25.4 Å². The predicted molar refractivity (Wildman–Crippen MR) is 103 cm³/mol. The maximum atomic E-state index is 12.6. The third-order valence-electron chi connectivity index (χ3n) is 4.34. The Kier molecular flexibility index (Phi) is 8.05. The van der Waals surface area contributed by atoms with E-state index in [9.17, 15) is 18.0 Å². The normalized spacial score (nSPS) is 16.9. The number of hydrogen-bond acceptors (Lipinski definition) is 5. The number of carbonyl (C=O) groups is 1. The Labute approximate surface area is 167 Å². The van der Waals surface area contributed by atoms with Crippen LogP contribution in [0.2, 0.25) is 0 Å². The fraction of sp³-hybridized carbons (Fsp3) is 0.706. The van der Waals surface area contributed by atoms with Gasteiger partial charge in [0.2, 0.25) is 5.91 Å². The van der Waals surface area contributed by atoms with E-state index in [1.807, 2.05) is 6.92 Å². The van der Waals surface area contributed by atoms with Crippen LogP contribution in [0.3, 0.4) is 0 Å². The first-order valence-corrected chi connectivity index (χ1v) is 10.1. The van der Waals surface area contributed by atoms with Crippen LogP contribution in [-0.4, -0.2) is 73.0 Å². The Morgan fingerprint density at radius 3 is 2.61 bits per heavy atom. The Hall–Kier alpha value is -1.88. The molecule has 1 aliphatic rings. The summed E-state index contributed by atoms with van der Waals surface area (Å²) < 4.78 is 37.9. The summed E-state index contributed by atoms with van der Waals surface area (Å²) in [6, 6.07) is 0.200. The molecule has 158 valence electrons. The summed E-state index contributed by atoms with van der Waals surface area (Å²) >= 11 is 0.954. The van der Waals surface area contributed by atoms with E-state index in [-0.39, 0.29) is 18.5 Å². The van der Waals surface area contributed by atoms with Crippen molar-refractivity contribution in [3.8, 4) is 0 Å². The van der Waals surface area contributed by atoms with Crippen LogP contribution in [0.5, 0.6) is 0 Å². The number of halogens is 3. The fourth-order valence-corrected chi connectivity index (χ4v) is 3.47. The van der Waals surface area contributed by atoms with Crippen LogP contribution in [0.25, 0.3) is 0 Å². The number of alkyl halides is 3. The van der Waals surface area contributed by atoms with Gasteiger partial charge in [-0.05, 0) is 19.8 Å². The van der Waals surface area contributed by atoms with E-state index < -0.39 is 11.9 Å². The van der Waals surface area contributed by atoms with Crippen molar-refractivity contribution >= 4 is 23.2 Å². The number of nitrogens with zero attached hydrogens (tertiary/aromatic N) is 4. The summed E-state index contributed by atoms with van der Waals surface area (Å²) in [6.07, 6.45) is -2.70. The highest BCUT2D eigenvalue weighted by Crippen LogP contribution is 2.30. The average Bonchev–Trinajstić information content (AvgIpc) is 3.11. The van der Waals surface area contributed by atoms with Gasteiger partial charge in [-0.1, -0.05) is 0 Å². The van der Waals surface area contributed by atoms with E-state index >= 15 is 0 Å². The SMILES string of the molecule is CCNC(=NCc1nc(C(F)(F)F)cs1)NC1CCN(CC(=O)N(C)C)CC1. The number of carbonyl (C=O) groups excluding carboxylic acids is 1. The second-order valence-electron chi connectivity index (χ2n) is 6.80. The molecule has 7 nitrogen and oxygen atoms in total. The van der Waals surface area contributed by atoms with Gasteiger partial charge in [-0.25, -0.2) is 9.98 Å². The highest BCUT2D eigenvalue weighted by atomic mass is 32.1. The maximum Gasteiger partial charge on any atom is 0.434 e. The quantitative estimate of drug-likeness (QED) is 0.542. The summed E-state index contributed by atoms with van der Waals surface area (Å²) in [6.45, 7) is 4.69. The number of likely N-dealkylation sites (N-methyl/N-ethyl adjacent to an activating group) is 1. The molecule has 1 aromatic heterocycles. The molecule has 0 bridgehead atoms. The smallest absolute Gasteiger partial charge is 0.357 e. The number of guanidine groups is 1. The van der Waals surface area contributed by atoms with Crippen LogP contribution in [0, 0.1) is 0 Å². The number of aliphatic imine (C=N–C) groups is 1. The molecule has 1 aromatic rings. The molecule has 0 spiro atoms. The predicted octanol–water partition coefficient (Wildman–Crippen LogP) is 1.77. The second-order valence-corrected chi connectivity index (χ2v) is 7.74. The minimum Gasteiger partial charge on any atom is -0.357 e. The minimum atomic E-state index is -4.43. The molecule has 0 aliphatic carbocycles. The molecular formula is C17H27F3N6OS. The van der Waals surface area contributed by atoms with Crippen LogP contribution in [0.15, 0.2) is 10.4 Å². The first-order chi connectivity index (χ1) is 13.2. The third kappa shape index (κ3) is 6.93. The number of thiazole rings is 1. The molecule has 1 aliphatic heterocycles. The molecule has 0 atom stereocenters. The van der Waals surface area contributed by atoms with Crippen LogP contribution < -0.4 is 10.6 Å². The number of aromatic nitrogens is 1. The molecule has 1 fully saturated rings. The Morgan fingerprint density at radius 2 is 2.07 bits per heavy atom. The molecule has 1 saturated heterocycles. The lowest BCUT2D eigenvalue weighted by molar-refractivity contribution is -0.140. The van der Waals surface area contributed by atoms with Gasteiger partial charge in [-0.2, -0.15) is 13.2 Å². The van der Waals surface area contributed by atoms with Crippen LogP contribution in [0.1, 0.15) is 30.5 Å². The summed E-state index contributed by atoms with van der Waals surface area (Å²) in [5.74, 6) is 0.650. The molecule has 2 N–H and O–H groups in total. The molecule has 0 radical (unpaired) electrons. The second kappa shape index (κ2) is 10.1. The fourth-order valence-electron chi connectivity index (χ4n) is 2.74. The van der Waals surface area contributed by atoms with E-state index in [1.165, 1.54) is 0 Å². The molecule has 0 aromatic carbocycles. The number of nitrogens with one attached hydrogen (secondary N) is 2. The van der Waals surface area contributed by atoms with Crippen molar-refractivity contribution in [3.05, 3.63) is 16.1 Å². The van der Waals surface area contributed by atoms with E-state index in [2.05, 4.69) is 25.5 Å². The Bertz CT molecular complexity index is 668. The molecule has 2 rings (SSSR count). The largest absolute Gasteiger partial charge is 0.434 e. The minimum absolute atomic E-state index is 0.0861. The van der Waals surface area contributed by atoms with Gasteiger partial charge in [0.15, 0.2) is 11.7 Å². The van der Waals surface area contributed by atoms with E-state index in [4.69, 9.17) is 0 Å². The number of amides is 1. The summed E-state index contributed by atoms with van der Waals surface area (Å²) in [5, 5.41) is 7.78. The number of likely N-dealkylation sites (tertiary alicyclic amines) is 1. The molecule has 28 heavy (non-hydrogen) atoms. The number of hydrogen-bond donors (Lipinski definition) is 2. The average molecular weight is 421 g/mol. The monoisotopic (exact) mass is 420 g/mol.